The number of guanidine groups is 1. The molecule has 9 heteroatoms. The second-order valence-corrected chi connectivity index (χ2v) is 7.14. The van der Waals surface area contributed by atoms with Crippen LogP contribution in [-0.2, 0) is 6.42 Å². The van der Waals surface area contributed by atoms with Gasteiger partial charge < -0.3 is 19.9 Å². The molecule has 3 rings (SSSR count). The van der Waals surface area contributed by atoms with Crippen LogP contribution < -0.4 is 15.0 Å². The van der Waals surface area contributed by atoms with Gasteiger partial charge in [0.15, 0.2) is 5.96 Å². The molecule has 1 aliphatic heterocycles. The lowest BCUT2D eigenvalue weighted by Gasteiger charge is -2.36. The van der Waals surface area contributed by atoms with Gasteiger partial charge in [-0.25, -0.2) is 4.98 Å². The first kappa shape index (κ1) is 22.7. The van der Waals surface area contributed by atoms with Crippen LogP contribution >= 0.6 is 35.5 Å². The van der Waals surface area contributed by atoms with E-state index in [9.17, 15) is 0 Å². The highest BCUT2D eigenvalue weighted by molar-refractivity contribution is 14.0. The van der Waals surface area contributed by atoms with Crippen molar-refractivity contribution in [3.63, 3.8) is 0 Å². The van der Waals surface area contributed by atoms with Crippen LogP contribution in [0.3, 0.4) is 0 Å². The fourth-order valence-corrected chi connectivity index (χ4v) is 3.80. The second-order valence-electron chi connectivity index (χ2n) is 6.41. The lowest BCUT2D eigenvalue weighted by atomic mass is 10.2. The van der Waals surface area contributed by atoms with Crippen LogP contribution in [0.1, 0.15) is 18.3 Å². The van der Waals surface area contributed by atoms with Crippen LogP contribution in [0.15, 0.2) is 29.3 Å². The number of aromatic nitrogens is 2. The van der Waals surface area contributed by atoms with Crippen molar-refractivity contribution >= 4 is 46.6 Å². The Labute approximate surface area is 188 Å². The number of hydrogen-bond donors (Lipinski definition) is 1. The lowest BCUT2D eigenvalue weighted by molar-refractivity contribution is 0.313. The molecule has 7 nitrogen and oxygen atoms in total. The lowest BCUT2D eigenvalue weighted by Crippen LogP contribution is -2.53. The molecule has 2 aromatic rings. The Bertz CT molecular complexity index is 760. The summed E-state index contributed by atoms with van der Waals surface area (Å²) < 4.78 is 10.2. The Kier molecular flexibility index (Phi) is 9.23. The van der Waals surface area contributed by atoms with Crippen molar-refractivity contribution in [1.82, 2.24) is 19.6 Å². The highest BCUT2D eigenvalue weighted by Gasteiger charge is 2.21. The molecular weight excluding hydrogens is 487 g/mol. The van der Waals surface area contributed by atoms with Crippen molar-refractivity contribution in [2.45, 2.75) is 20.3 Å². The van der Waals surface area contributed by atoms with Gasteiger partial charge in [-0.2, -0.15) is 4.37 Å². The maximum absolute atomic E-state index is 5.85. The number of anilines is 1. The Morgan fingerprint density at radius 3 is 2.64 bits per heavy atom. The molecule has 0 aliphatic carbocycles. The number of nitrogens with zero attached hydrogens (tertiary/aromatic N) is 5. The van der Waals surface area contributed by atoms with Crippen LogP contribution in [0.25, 0.3) is 0 Å². The average Bonchev–Trinajstić information content (AvgIpc) is 3.19. The molecule has 1 aromatic heterocycles. The number of rotatable bonds is 6. The summed E-state index contributed by atoms with van der Waals surface area (Å²) >= 11 is 1.50. The van der Waals surface area contributed by atoms with Gasteiger partial charge in [-0.3, -0.25) is 4.99 Å². The van der Waals surface area contributed by atoms with Crippen LogP contribution in [0, 0.1) is 6.92 Å². The Morgan fingerprint density at radius 1 is 1.25 bits per heavy atom. The molecule has 28 heavy (non-hydrogen) atoms. The first-order valence-corrected chi connectivity index (χ1v) is 10.2. The summed E-state index contributed by atoms with van der Waals surface area (Å²) in [5.74, 6) is 2.80. The van der Waals surface area contributed by atoms with E-state index in [4.69, 9.17) is 4.74 Å². The summed E-state index contributed by atoms with van der Waals surface area (Å²) in [6.07, 6.45) is 0.887. The van der Waals surface area contributed by atoms with E-state index in [1.807, 2.05) is 25.2 Å². The molecule has 1 aliphatic rings. The molecule has 0 saturated carbocycles. The largest absolute Gasteiger partial charge is 0.491 e. The number of hydrogen-bond acceptors (Lipinski definition) is 6. The normalized spacial score (nSPS) is 14.6. The van der Waals surface area contributed by atoms with Crippen molar-refractivity contribution in [2.75, 3.05) is 51.3 Å². The smallest absolute Gasteiger partial charge is 0.205 e. The minimum absolute atomic E-state index is 0. The van der Waals surface area contributed by atoms with E-state index in [1.165, 1.54) is 11.5 Å². The average molecular weight is 516 g/mol. The Balaban J connectivity index is 0.00000280. The third-order valence-corrected chi connectivity index (χ3v) is 5.39. The molecule has 0 amide bonds. The number of aliphatic imine (C=N–C) groups is 1. The summed E-state index contributed by atoms with van der Waals surface area (Å²) in [6.45, 7) is 9.16. The SMILES string of the molecule is CCc1nsc(N2CCN(C(=NC)NCCOc3ccccc3C)CC2)n1.I. The van der Waals surface area contributed by atoms with Crippen molar-refractivity contribution in [2.24, 2.45) is 4.99 Å². The van der Waals surface area contributed by atoms with Gasteiger partial charge in [0.2, 0.25) is 5.13 Å². The number of nitrogens with one attached hydrogen (secondary N) is 1. The van der Waals surface area contributed by atoms with Crippen LogP contribution in [0.5, 0.6) is 5.75 Å². The molecule has 1 N–H and O–H groups in total. The van der Waals surface area contributed by atoms with Gasteiger partial charge in [-0.15, -0.1) is 24.0 Å². The number of benzene rings is 1. The van der Waals surface area contributed by atoms with Gasteiger partial charge in [-0.1, -0.05) is 25.1 Å². The summed E-state index contributed by atoms with van der Waals surface area (Å²) in [7, 11) is 1.83. The van der Waals surface area contributed by atoms with Gasteiger partial charge in [-0.05, 0) is 18.6 Å². The number of aryl methyl sites for hydroxylation is 2. The number of halogens is 1. The maximum Gasteiger partial charge on any atom is 0.205 e. The van der Waals surface area contributed by atoms with E-state index in [0.29, 0.717) is 6.61 Å². The fraction of sp³-hybridized carbons (Fsp3) is 0.526. The number of piperazine rings is 1. The first-order chi connectivity index (χ1) is 13.2. The van der Waals surface area contributed by atoms with Gasteiger partial charge in [0.05, 0.1) is 6.54 Å². The predicted octanol–water partition coefficient (Wildman–Crippen LogP) is 2.80. The van der Waals surface area contributed by atoms with Crippen molar-refractivity contribution < 1.29 is 4.74 Å². The van der Waals surface area contributed by atoms with E-state index < -0.39 is 0 Å². The van der Waals surface area contributed by atoms with E-state index in [0.717, 1.165) is 67.4 Å². The van der Waals surface area contributed by atoms with Crippen molar-refractivity contribution in [1.29, 1.82) is 0 Å². The maximum atomic E-state index is 5.85. The molecule has 1 saturated heterocycles. The molecule has 154 valence electrons. The molecule has 0 bridgehead atoms. The molecular formula is C19H29IN6OS. The van der Waals surface area contributed by atoms with Gasteiger partial charge in [0, 0.05) is 51.2 Å². The third-order valence-electron chi connectivity index (χ3n) is 4.57. The number of para-hydroxylation sites is 1. The summed E-state index contributed by atoms with van der Waals surface area (Å²) in [6, 6.07) is 8.08. The monoisotopic (exact) mass is 516 g/mol. The molecule has 0 radical (unpaired) electrons. The summed E-state index contributed by atoms with van der Waals surface area (Å²) in [4.78, 5) is 13.6. The summed E-state index contributed by atoms with van der Waals surface area (Å²) in [5, 5.41) is 4.43. The zero-order valence-corrected chi connectivity index (χ0v) is 19.9. The van der Waals surface area contributed by atoms with Gasteiger partial charge in [0.25, 0.3) is 0 Å². The molecule has 1 aromatic carbocycles. The molecule has 0 spiro atoms. The highest BCUT2D eigenvalue weighted by Crippen LogP contribution is 2.19. The first-order valence-electron chi connectivity index (χ1n) is 9.42. The number of ether oxygens (including phenoxy) is 1. The molecule has 0 unspecified atom stereocenters. The molecule has 0 atom stereocenters. The molecule has 1 fully saturated rings. The van der Waals surface area contributed by atoms with Crippen LogP contribution in [0.4, 0.5) is 5.13 Å². The quantitative estimate of drug-likeness (QED) is 0.276. The summed E-state index contributed by atoms with van der Waals surface area (Å²) in [5.41, 5.74) is 1.15. The minimum Gasteiger partial charge on any atom is -0.491 e. The van der Waals surface area contributed by atoms with E-state index >= 15 is 0 Å². The van der Waals surface area contributed by atoms with E-state index in [2.05, 4.69) is 49.4 Å². The van der Waals surface area contributed by atoms with Crippen LogP contribution in [-0.4, -0.2) is 66.6 Å². The second kappa shape index (κ2) is 11.4. The topological polar surface area (TPSA) is 65.9 Å². The van der Waals surface area contributed by atoms with Gasteiger partial charge >= 0.3 is 0 Å². The van der Waals surface area contributed by atoms with Gasteiger partial charge in [0.1, 0.15) is 18.2 Å². The predicted molar refractivity (Wildman–Crippen MR) is 127 cm³/mol. The van der Waals surface area contributed by atoms with Crippen molar-refractivity contribution in [3.8, 4) is 5.75 Å². The Morgan fingerprint density at radius 2 is 2.00 bits per heavy atom. The zero-order valence-electron chi connectivity index (χ0n) is 16.7. The third kappa shape index (κ3) is 5.94. The highest BCUT2D eigenvalue weighted by atomic mass is 127. The zero-order chi connectivity index (χ0) is 19.1. The minimum atomic E-state index is 0. The van der Waals surface area contributed by atoms with E-state index in [1.54, 1.807) is 0 Å². The standard InChI is InChI=1S/C19H28N6OS.HI/c1-4-17-22-19(27-23-17)25-12-10-24(11-13-25)18(20-3)21-9-14-26-16-8-6-5-7-15(16)2;/h5-8H,4,9-14H2,1-3H3,(H,20,21);1H. The fourth-order valence-electron chi connectivity index (χ4n) is 3.00. The van der Waals surface area contributed by atoms with Crippen LogP contribution in [0.2, 0.25) is 0 Å². The van der Waals surface area contributed by atoms with E-state index in [-0.39, 0.29) is 24.0 Å². The molecule has 2 heterocycles. The Hall–Kier alpha value is -1.62. The van der Waals surface area contributed by atoms with Crippen molar-refractivity contribution in [3.05, 3.63) is 35.7 Å².